The fraction of sp³-hybridized carbons (Fsp3) is 0.750. The summed E-state index contributed by atoms with van der Waals surface area (Å²) < 4.78 is 4.64. The SMILES string of the molecule is COC(=O)CCCCCCCC(/C=C/CCCCCCC(C)=O)C1CC(=O)NC1=O. The maximum absolute atomic E-state index is 12.1. The van der Waals surface area contributed by atoms with Crippen molar-refractivity contribution in [2.75, 3.05) is 7.11 Å². The highest BCUT2D eigenvalue weighted by molar-refractivity contribution is 6.03. The zero-order valence-corrected chi connectivity index (χ0v) is 18.8. The lowest BCUT2D eigenvalue weighted by molar-refractivity contribution is -0.140. The molecule has 6 heteroatoms. The van der Waals surface area contributed by atoms with Crippen molar-refractivity contribution in [1.29, 1.82) is 0 Å². The van der Waals surface area contributed by atoms with E-state index in [0.717, 1.165) is 70.6 Å². The average Bonchev–Trinajstić information content (AvgIpc) is 3.04. The second-order valence-electron chi connectivity index (χ2n) is 8.35. The van der Waals surface area contributed by atoms with Gasteiger partial charge in [-0.25, -0.2) is 0 Å². The molecule has 1 heterocycles. The van der Waals surface area contributed by atoms with Crippen LogP contribution in [-0.4, -0.2) is 30.7 Å². The van der Waals surface area contributed by atoms with Crippen molar-refractivity contribution in [3.05, 3.63) is 12.2 Å². The molecule has 1 rings (SSSR count). The van der Waals surface area contributed by atoms with Crippen molar-refractivity contribution in [3.8, 4) is 0 Å². The van der Waals surface area contributed by atoms with Gasteiger partial charge < -0.3 is 9.53 Å². The first-order valence-electron chi connectivity index (χ1n) is 11.5. The monoisotopic (exact) mass is 421 g/mol. The molecule has 2 atom stereocenters. The number of esters is 1. The van der Waals surface area contributed by atoms with Crippen LogP contribution in [0.2, 0.25) is 0 Å². The third kappa shape index (κ3) is 11.9. The topological polar surface area (TPSA) is 89.5 Å². The Balaban J connectivity index is 2.31. The number of methoxy groups -OCH3 is 1. The van der Waals surface area contributed by atoms with Gasteiger partial charge in [-0.1, -0.05) is 50.7 Å². The fourth-order valence-electron chi connectivity index (χ4n) is 3.89. The van der Waals surface area contributed by atoms with E-state index in [9.17, 15) is 19.2 Å². The van der Waals surface area contributed by atoms with E-state index in [-0.39, 0.29) is 41.8 Å². The molecule has 1 aliphatic heterocycles. The van der Waals surface area contributed by atoms with E-state index >= 15 is 0 Å². The summed E-state index contributed by atoms with van der Waals surface area (Å²) in [6.07, 6.45) is 16.8. The Labute approximate surface area is 181 Å². The lowest BCUT2D eigenvalue weighted by atomic mass is 9.85. The molecule has 2 unspecified atom stereocenters. The van der Waals surface area contributed by atoms with Crippen LogP contribution < -0.4 is 5.32 Å². The number of ether oxygens (including phenoxy) is 1. The minimum Gasteiger partial charge on any atom is -0.469 e. The van der Waals surface area contributed by atoms with Gasteiger partial charge in [-0.15, -0.1) is 0 Å². The van der Waals surface area contributed by atoms with E-state index < -0.39 is 0 Å². The second-order valence-corrected chi connectivity index (χ2v) is 8.35. The van der Waals surface area contributed by atoms with Gasteiger partial charge in [0.05, 0.1) is 13.0 Å². The molecule has 1 N–H and O–H groups in total. The Hall–Kier alpha value is -1.98. The number of hydrogen-bond donors (Lipinski definition) is 1. The molecule has 6 nitrogen and oxygen atoms in total. The molecule has 170 valence electrons. The van der Waals surface area contributed by atoms with E-state index in [1.807, 2.05) is 0 Å². The van der Waals surface area contributed by atoms with Gasteiger partial charge in [0, 0.05) is 19.3 Å². The van der Waals surface area contributed by atoms with Crippen LogP contribution in [0.25, 0.3) is 0 Å². The van der Waals surface area contributed by atoms with Crippen LogP contribution in [0.5, 0.6) is 0 Å². The summed E-state index contributed by atoms with van der Waals surface area (Å²) in [5.41, 5.74) is 0. The van der Waals surface area contributed by atoms with Crippen molar-refractivity contribution in [1.82, 2.24) is 5.32 Å². The van der Waals surface area contributed by atoms with Gasteiger partial charge in [-0.05, 0) is 44.9 Å². The molecule has 0 bridgehead atoms. The van der Waals surface area contributed by atoms with Crippen LogP contribution >= 0.6 is 0 Å². The Morgan fingerprint density at radius 1 is 1.00 bits per heavy atom. The van der Waals surface area contributed by atoms with Crippen molar-refractivity contribution in [2.24, 2.45) is 11.8 Å². The quantitative estimate of drug-likeness (QED) is 0.160. The number of Topliss-reactive ketones (excluding diaryl/α,β-unsaturated/α-hetero) is 1. The van der Waals surface area contributed by atoms with Crippen LogP contribution in [-0.2, 0) is 23.9 Å². The molecule has 30 heavy (non-hydrogen) atoms. The molecule has 0 aromatic carbocycles. The number of carbonyl (C=O) groups excluding carboxylic acids is 4. The Bertz CT molecular complexity index is 584. The van der Waals surface area contributed by atoms with Crippen molar-refractivity contribution < 1.29 is 23.9 Å². The number of hydrogen-bond acceptors (Lipinski definition) is 5. The predicted molar refractivity (Wildman–Crippen MR) is 117 cm³/mol. The fourth-order valence-corrected chi connectivity index (χ4v) is 3.89. The number of nitrogens with one attached hydrogen (secondary N) is 1. The molecule has 0 radical (unpaired) electrons. The number of amides is 2. The molecule has 0 spiro atoms. The number of allylic oxidation sites excluding steroid dienone is 2. The van der Waals surface area contributed by atoms with Crippen molar-refractivity contribution in [3.63, 3.8) is 0 Å². The first-order valence-corrected chi connectivity index (χ1v) is 11.5. The van der Waals surface area contributed by atoms with Crippen LogP contribution in [0.15, 0.2) is 12.2 Å². The average molecular weight is 422 g/mol. The van der Waals surface area contributed by atoms with E-state index in [1.165, 1.54) is 7.11 Å². The number of imide groups is 1. The smallest absolute Gasteiger partial charge is 0.305 e. The van der Waals surface area contributed by atoms with Crippen LogP contribution in [0.3, 0.4) is 0 Å². The van der Waals surface area contributed by atoms with Crippen LogP contribution in [0.4, 0.5) is 0 Å². The largest absolute Gasteiger partial charge is 0.469 e. The highest BCUT2D eigenvalue weighted by Crippen LogP contribution is 2.28. The molecule has 1 fully saturated rings. The zero-order valence-electron chi connectivity index (χ0n) is 18.8. The summed E-state index contributed by atoms with van der Waals surface area (Å²) in [6, 6.07) is 0. The molecule has 1 saturated heterocycles. The maximum atomic E-state index is 12.1. The summed E-state index contributed by atoms with van der Waals surface area (Å²) in [4.78, 5) is 45.8. The van der Waals surface area contributed by atoms with Gasteiger partial charge in [-0.2, -0.15) is 0 Å². The minimum absolute atomic E-state index is 0.101. The molecule has 0 saturated carbocycles. The lowest BCUT2D eigenvalue weighted by Gasteiger charge is -2.17. The van der Waals surface area contributed by atoms with Crippen molar-refractivity contribution in [2.45, 2.75) is 96.8 Å². The molecule has 0 aromatic rings. The summed E-state index contributed by atoms with van der Waals surface area (Å²) in [5.74, 6) is -0.358. The molecule has 0 aromatic heterocycles. The van der Waals surface area contributed by atoms with Gasteiger partial charge in [0.25, 0.3) is 0 Å². The molecule has 2 amide bonds. The number of carbonyl (C=O) groups is 4. The third-order valence-corrected chi connectivity index (χ3v) is 5.70. The summed E-state index contributed by atoms with van der Waals surface area (Å²) in [5, 5.41) is 2.43. The van der Waals surface area contributed by atoms with Crippen LogP contribution in [0.1, 0.15) is 96.8 Å². The normalized spacial score (nSPS) is 17.3. The second kappa shape index (κ2) is 15.8. The highest BCUT2D eigenvalue weighted by Gasteiger charge is 2.35. The summed E-state index contributed by atoms with van der Waals surface area (Å²) >= 11 is 0. The third-order valence-electron chi connectivity index (χ3n) is 5.70. The van der Waals surface area contributed by atoms with E-state index in [2.05, 4.69) is 22.2 Å². The molecule has 0 aliphatic carbocycles. The van der Waals surface area contributed by atoms with Gasteiger partial charge in [0.15, 0.2) is 0 Å². The number of rotatable bonds is 17. The maximum Gasteiger partial charge on any atom is 0.305 e. The van der Waals surface area contributed by atoms with Gasteiger partial charge in [0.2, 0.25) is 11.8 Å². The summed E-state index contributed by atoms with van der Waals surface area (Å²) in [6.45, 7) is 1.63. The van der Waals surface area contributed by atoms with Gasteiger partial charge >= 0.3 is 5.97 Å². The number of unbranched alkanes of at least 4 members (excludes halogenated alkanes) is 8. The highest BCUT2D eigenvalue weighted by atomic mass is 16.5. The minimum atomic E-state index is -0.247. The molecular formula is C24H39NO5. The van der Waals surface area contributed by atoms with Gasteiger partial charge in [0.1, 0.15) is 5.78 Å². The van der Waals surface area contributed by atoms with Crippen LogP contribution in [0, 0.1) is 11.8 Å². The first kappa shape index (κ1) is 26.1. The van der Waals surface area contributed by atoms with E-state index in [0.29, 0.717) is 12.8 Å². The molecular weight excluding hydrogens is 382 g/mol. The standard InChI is InChI=1S/C24H39NO5/c1-19(26)14-10-6-3-4-7-11-15-20(21-18-22(27)25-24(21)29)16-12-8-5-9-13-17-23(28)30-2/h11,15,20-21H,3-10,12-14,16-18H2,1-2H3,(H,25,27,29)/b15-11+. The Morgan fingerprint density at radius 3 is 2.27 bits per heavy atom. The zero-order chi connectivity index (χ0) is 22.2. The Morgan fingerprint density at radius 2 is 1.63 bits per heavy atom. The van der Waals surface area contributed by atoms with E-state index in [1.54, 1.807) is 6.92 Å². The van der Waals surface area contributed by atoms with E-state index in [4.69, 9.17) is 0 Å². The lowest BCUT2D eigenvalue weighted by Crippen LogP contribution is -2.25. The first-order chi connectivity index (χ1) is 14.4. The predicted octanol–water partition coefficient (Wildman–Crippen LogP) is 4.65. The summed E-state index contributed by atoms with van der Waals surface area (Å²) in [7, 11) is 1.41. The number of ketones is 1. The molecule has 1 aliphatic rings. The van der Waals surface area contributed by atoms with Crippen molar-refractivity contribution >= 4 is 23.6 Å². The Kier molecular flexibility index (Phi) is 13.7. The van der Waals surface area contributed by atoms with Gasteiger partial charge in [-0.3, -0.25) is 19.7 Å².